The highest BCUT2D eigenvalue weighted by Crippen LogP contribution is 2.40. The number of aromatic nitrogens is 3. The summed E-state index contributed by atoms with van der Waals surface area (Å²) in [6.07, 6.45) is -3.58. The van der Waals surface area contributed by atoms with Crippen LogP contribution >= 0.6 is 11.6 Å². The summed E-state index contributed by atoms with van der Waals surface area (Å²) in [7, 11) is 0. The van der Waals surface area contributed by atoms with Crippen molar-refractivity contribution in [3.05, 3.63) is 81.8 Å². The number of fused-ring (bicyclic) bond motifs is 4. The highest BCUT2D eigenvalue weighted by molar-refractivity contribution is 6.33. The average Bonchev–Trinajstić information content (AvgIpc) is 3.52. The third-order valence-corrected chi connectivity index (χ3v) is 6.76. The van der Waals surface area contributed by atoms with E-state index in [0.717, 1.165) is 11.6 Å². The van der Waals surface area contributed by atoms with E-state index >= 15 is 0 Å². The van der Waals surface area contributed by atoms with Crippen LogP contribution in [-0.4, -0.2) is 33.4 Å². The minimum absolute atomic E-state index is 0.0902. The van der Waals surface area contributed by atoms with Crippen molar-refractivity contribution in [1.82, 2.24) is 14.8 Å². The SMILES string of the molecule is NC(=O)c1nn(-c2ccc3c(c2)OCO3)c2c1CCc1ccc(NC(=O)c3ccc(C(F)(F)F)nc3Cl)cc1-2. The molecule has 0 saturated carbocycles. The molecule has 2 aromatic carbocycles. The summed E-state index contributed by atoms with van der Waals surface area (Å²) in [5.74, 6) is -0.310. The molecule has 0 fully saturated rings. The summed E-state index contributed by atoms with van der Waals surface area (Å²) in [6.45, 7) is 0.0902. The zero-order valence-corrected chi connectivity index (χ0v) is 20.6. The molecule has 0 unspecified atom stereocenters. The number of amides is 2. The number of halogens is 4. The molecule has 1 aliphatic carbocycles. The van der Waals surface area contributed by atoms with Gasteiger partial charge in [0.1, 0.15) is 10.8 Å². The van der Waals surface area contributed by atoms with Crippen LogP contribution in [0.25, 0.3) is 16.9 Å². The molecule has 13 heteroatoms. The van der Waals surface area contributed by atoms with Crippen LogP contribution in [0.1, 0.15) is 37.7 Å². The van der Waals surface area contributed by atoms with E-state index in [4.69, 9.17) is 26.8 Å². The second-order valence-electron chi connectivity index (χ2n) is 8.85. The number of hydrogen-bond acceptors (Lipinski definition) is 6. The van der Waals surface area contributed by atoms with Crippen LogP contribution in [0.5, 0.6) is 11.5 Å². The fourth-order valence-corrected chi connectivity index (χ4v) is 4.92. The van der Waals surface area contributed by atoms with Crippen LogP contribution < -0.4 is 20.5 Å². The Morgan fingerprint density at radius 3 is 2.56 bits per heavy atom. The molecule has 0 bridgehead atoms. The molecule has 0 spiro atoms. The van der Waals surface area contributed by atoms with Crippen LogP contribution in [-0.2, 0) is 19.0 Å². The van der Waals surface area contributed by atoms with Crippen LogP contribution in [0, 0.1) is 0 Å². The van der Waals surface area contributed by atoms with Gasteiger partial charge in [0.25, 0.3) is 11.8 Å². The number of anilines is 1. The van der Waals surface area contributed by atoms with Gasteiger partial charge in [-0.15, -0.1) is 0 Å². The van der Waals surface area contributed by atoms with Gasteiger partial charge in [-0.3, -0.25) is 9.59 Å². The number of ether oxygens (including phenoxy) is 2. The summed E-state index contributed by atoms with van der Waals surface area (Å²) in [5, 5.41) is 6.59. The topological polar surface area (TPSA) is 121 Å². The molecule has 0 atom stereocenters. The van der Waals surface area contributed by atoms with Crippen molar-refractivity contribution in [2.24, 2.45) is 5.73 Å². The maximum Gasteiger partial charge on any atom is 0.433 e. The molecule has 6 rings (SSSR count). The second-order valence-corrected chi connectivity index (χ2v) is 9.21. The smallest absolute Gasteiger partial charge is 0.433 e. The molecule has 0 saturated heterocycles. The lowest BCUT2D eigenvalue weighted by Gasteiger charge is -2.20. The Balaban J connectivity index is 1.39. The number of nitrogens with zero attached hydrogens (tertiary/aromatic N) is 3. The first-order valence-corrected chi connectivity index (χ1v) is 12.0. The van der Waals surface area contributed by atoms with Crippen molar-refractivity contribution in [2.75, 3.05) is 12.1 Å². The third kappa shape index (κ3) is 4.32. The molecule has 3 heterocycles. The molecule has 2 aromatic heterocycles. The van der Waals surface area contributed by atoms with Crippen molar-refractivity contribution in [1.29, 1.82) is 0 Å². The maximum atomic E-state index is 12.9. The minimum Gasteiger partial charge on any atom is -0.454 e. The van der Waals surface area contributed by atoms with E-state index in [-0.39, 0.29) is 18.1 Å². The van der Waals surface area contributed by atoms with Gasteiger partial charge < -0.3 is 20.5 Å². The number of aryl methyl sites for hydroxylation is 1. The second kappa shape index (κ2) is 9.02. The lowest BCUT2D eigenvalue weighted by molar-refractivity contribution is -0.141. The number of primary amides is 1. The number of rotatable bonds is 4. The van der Waals surface area contributed by atoms with E-state index in [1.807, 2.05) is 6.07 Å². The summed E-state index contributed by atoms with van der Waals surface area (Å²) in [4.78, 5) is 28.4. The van der Waals surface area contributed by atoms with Crippen LogP contribution in [0.2, 0.25) is 5.15 Å². The van der Waals surface area contributed by atoms with Gasteiger partial charge in [-0.1, -0.05) is 17.7 Å². The van der Waals surface area contributed by atoms with E-state index in [2.05, 4.69) is 15.4 Å². The Morgan fingerprint density at radius 2 is 1.82 bits per heavy atom. The number of hydrogen-bond donors (Lipinski definition) is 2. The molecule has 4 aromatic rings. The highest BCUT2D eigenvalue weighted by atomic mass is 35.5. The van der Waals surface area contributed by atoms with E-state index < -0.39 is 28.8 Å². The number of carbonyl (C=O) groups is 2. The van der Waals surface area contributed by atoms with Crippen molar-refractivity contribution in [3.8, 4) is 28.4 Å². The lowest BCUT2D eigenvalue weighted by Crippen LogP contribution is -2.16. The molecule has 39 heavy (non-hydrogen) atoms. The molecule has 2 amide bonds. The summed E-state index contributed by atoms with van der Waals surface area (Å²) in [5.41, 5.74) is 8.22. The Bertz CT molecular complexity index is 1690. The molecule has 2 aliphatic rings. The zero-order valence-electron chi connectivity index (χ0n) is 19.8. The van der Waals surface area contributed by atoms with E-state index in [1.165, 1.54) is 0 Å². The van der Waals surface area contributed by atoms with E-state index in [1.54, 1.807) is 35.0 Å². The molecular weight excluding hydrogens is 539 g/mol. The molecule has 3 N–H and O–H groups in total. The van der Waals surface area contributed by atoms with E-state index in [9.17, 15) is 22.8 Å². The predicted octanol–water partition coefficient (Wildman–Crippen LogP) is 4.79. The number of pyridine rings is 1. The first-order valence-electron chi connectivity index (χ1n) is 11.6. The fraction of sp³-hybridized carbons (Fsp3) is 0.154. The van der Waals surface area contributed by atoms with Gasteiger partial charge in [0.2, 0.25) is 6.79 Å². The monoisotopic (exact) mass is 555 g/mol. The summed E-state index contributed by atoms with van der Waals surface area (Å²) in [6, 6.07) is 12.1. The lowest BCUT2D eigenvalue weighted by atomic mass is 9.88. The number of carbonyl (C=O) groups excluding carboxylic acids is 2. The average molecular weight is 556 g/mol. The van der Waals surface area contributed by atoms with Crippen molar-refractivity contribution >= 4 is 29.1 Å². The van der Waals surface area contributed by atoms with Crippen LogP contribution in [0.4, 0.5) is 18.9 Å². The van der Waals surface area contributed by atoms with Gasteiger partial charge in [0.05, 0.1) is 16.9 Å². The summed E-state index contributed by atoms with van der Waals surface area (Å²) >= 11 is 5.89. The minimum atomic E-state index is -4.69. The fourth-order valence-electron chi connectivity index (χ4n) is 4.68. The number of nitrogens with two attached hydrogens (primary N) is 1. The first-order chi connectivity index (χ1) is 18.6. The van der Waals surface area contributed by atoms with Gasteiger partial charge in [0.15, 0.2) is 17.2 Å². The first kappa shape index (κ1) is 24.7. The highest BCUT2D eigenvalue weighted by Gasteiger charge is 2.33. The maximum absolute atomic E-state index is 12.9. The van der Waals surface area contributed by atoms with Crippen molar-refractivity contribution in [3.63, 3.8) is 0 Å². The molecular formula is C26H17ClF3N5O4. The third-order valence-electron chi connectivity index (χ3n) is 6.47. The van der Waals surface area contributed by atoms with Gasteiger partial charge in [-0.05, 0) is 54.8 Å². The number of nitrogens with one attached hydrogen (secondary N) is 1. The Hall–Kier alpha value is -4.58. The van der Waals surface area contributed by atoms with Crippen molar-refractivity contribution in [2.45, 2.75) is 19.0 Å². The quantitative estimate of drug-likeness (QED) is 0.349. The normalized spacial score (nSPS) is 13.5. The number of benzene rings is 2. The zero-order chi connectivity index (χ0) is 27.5. The molecule has 1 aliphatic heterocycles. The predicted molar refractivity (Wildman–Crippen MR) is 133 cm³/mol. The van der Waals surface area contributed by atoms with Gasteiger partial charge in [-0.2, -0.15) is 18.3 Å². The van der Waals surface area contributed by atoms with Crippen LogP contribution in [0.15, 0.2) is 48.5 Å². The van der Waals surface area contributed by atoms with E-state index in [0.29, 0.717) is 58.6 Å². The Kier molecular flexibility index (Phi) is 5.72. The summed E-state index contributed by atoms with van der Waals surface area (Å²) < 4.78 is 51.3. The molecule has 9 nitrogen and oxygen atoms in total. The van der Waals surface area contributed by atoms with Gasteiger partial charge in [-0.25, -0.2) is 9.67 Å². The molecule has 0 radical (unpaired) electrons. The molecule has 198 valence electrons. The van der Waals surface area contributed by atoms with Gasteiger partial charge in [0, 0.05) is 22.9 Å². The largest absolute Gasteiger partial charge is 0.454 e. The Labute approximate surface area is 223 Å². The Morgan fingerprint density at radius 1 is 1.03 bits per heavy atom. The number of alkyl halides is 3. The van der Waals surface area contributed by atoms with Crippen molar-refractivity contribution < 1.29 is 32.2 Å². The standard InChI is InChI=1S/C26H17ClF3N5O4/c27-23-16(6-8-20(33-23)26(28,29)30)25(37)32-13-3-1-12-2-5-15-21(24(31)36)34-35(22(15)17(12)9-13)14-4-7-18-19(10-14)39-11-38-18/h1,3-4,6-10H,2,5,11H2,(H2,31,36)(H,32,37). The van der Waals surface area contributed by atoms with Crippen LogP contribution in [0.3, 0.4) is 0 Å². The van der Waals surface area contributed by atoms with Gasteiger partial charge >= 0.3 is 6.18 Å².